The molecular weight excluding hydrogens is 650 g/mol. The zero-order chi connectivity index (χ0) is 34.6. The van der Waals surface area contributed by atoms with E-state index in [2.05, 4.69) is 37.2 Å². The van der Waals surface area contributed by atoms with Crippen molar-refractivity contribution in [3.63, 3.8) is 0 Å². The van der Waals surface area contributed by atoms with Crippen LogP contribution in [0.15, 0.2) is 30.5 Å². The van der Waals surface area contributed by atoms with E-state index in [1.165, 1.54) is 10.6 Å². The van der Waals surface area contributed by atoms with E-state index < -0.39 is 16.1 Å². The minimum absolute atomic E-state index is 0.234. The van der Waals surface area contributed by atoms with Gasteiger partial charge < -0.3 is 19.6 Å². The number of likely N-dealkylation sites (tertiary alicyclic amines) is 2. The first kappa shape index (κ1) is 36.4. The Hall–Kier alpha value is -2.88. The summed E-state index contributed by atoms with van der Waals surface area (Å²) in [5.74, 6) is 8.49. The predicted octanol–water partition coefficient (Wildman–Crippen LogP) is 5.37. The number of allylic oxidation sites excluding steroid dienone is 1. The fourth-order valence-corrected chi connectivity index (χ4v) is 8.13. The average Bonchev–Trinajstić information content (AvgIpc) is 3.39. The average molecular weight is 700 g/mol. The van der Waals surface area contributed by atoms with Crippen molar-refractivity contribution >= 4 is 27.7 Å². The molecule has 1 amide bonds. The van der Waals surface area contributed by atoms with Crippen LogP contribution in [-0.4, -0.2) is 95.1 Å². The van der Waals surface area contributed by atoms with Crippen LogP contribution in [0, 0.1) is 29.6 Å². The van der Waals surface area contributed by atoms with Crippen molar-refractivity contribution in [3.05, 3.63) is 52.4 Å². The molecule has 0 saturated carbocycles. The molecule has 0 spiro atoms. The first-order chi connectivity index (χ1) is 22.8. The Morgan fingerprint density at radius 1 is 1.10 bits per heavy atom. The summed E-state index contributed by atoms with van der Waals surface area (Å²) in [5.41, 5.74) is 4.07. The van der Waals surface area contributed by atoms with E-state index >= 15 is 0 Å². The van der Waals surface area contributed by atoms with Gasteiger partial charge in [-0.05, 0) is 75.6 Å². The van der Waals surface area contributed by atoms with Crippen LogP contribution >= 0.6 is 11.6 Å². The van der Waals surface area contributed by atoms with Crippen molar-refractivity contribution < 1.29 is 23.1 Å². The lowest BCUT2D eigenvalue weighted by molar-refractivity contribution is 0.0540. The van der Waals surface area contributed by atoms with E-state index in [-0.39, 0.29) is 12.6 Å². The monoisotopic (exact) mass is 699 g/mol. The number of hydrogen-bond donors (Lipinski definition) is 1. The Balaban J connectivity index is 1.24. The van der Waals surface area contributed by atoms with Gasteiger partial charge in [-0.2, -0.15) is 9.40 Å². The summed E-state index contributed by atoms with van der Waals surface area (Å²) in [6.45, 7) is 14.4. The summed E-state index contributed by atoms with van der Waals surface area (Å²) in [6.07, 6.45) is 5.73. The third-order valence-electron chi connectivity index (χ3n) is 9.75. The maximum Gasteiger partial charge on any atom is 0.414 e. The molecule has 1 atom stereocenters. The zero-order valence-corrected chi connectivity index (χ0v) is 30.3. The molecule has 48 heavy (non-hydrogen) atoms. The van der Waals surface area contributed by atoms with Crippen molar-refractivity contribution in [3.8, 4) is 23.1 Å². The van der Waals surface area contributed by atoms with Gasteiger partial charge in [-0.1, -0.05) is 49.9 Å². The first-order valence-corrected chi connectivity index (χ1v) is 19.4. The van der Waals surface area contributed by atoms with Crippen LogP contribution in [0.2, 0.25) is 5.02 Å². The van der Waals surface area contributed by atoms with Gasteiger partial charge in [-0.3, -0.25) is 4.68 Å². The highest BCUT2D eigenvalue weighted by molar-refractivity contribution is 7.88. The van der Waals surface area contributed by atoms with Gasteiger partial charge in [-0.25, -0.2) is 13.2 Å². The fraction of sp³-hybridized carbons (Fsp3) is 0.611. The highest BCUT2D eigenvalue weighted by Crippen LogP contribution is 2.34. The number of β-amino-alcohol motifs (C(OH)–C–C–N with tert-alkyl or cyclic N) is 1. The van der Waals surface area contributed by atoms with Gasteiger partial charge in [0.15, 0.2) is 0 Å². The maximum atomic E-state index is 12.5. The van der Waals surface area contributed by atoms with Crippen molar-refractivity contribution in [1.82, 2.24) is 23.9 Å². The van der Waals surface area contributed by atoms with Gasteiger partial charge in [0.2, 0.25) is 10.0 Å². The number of fused-ring (bicyclic) bond motifs is 1. The number of aliphatic hydroxyl groups excluding tert-OH is 1. The number of carbonyl (C=O) groups is 1. The van der Waals surface area contributed by atoms with E-state index in [1.54, 1.807) is 11.8 Å². The molecule has 262 valence electrons. The van der Waals surface area contributed by atoms with Gasteiger partial charge in [0.1, 0.15) is 0 Å². The van der Waals surface area contributed by atoms with Crippen LogP contribution in [0.25, 0.3) is 11.3 Å². The normalized spacial score (nSPS) is 19.1. The second kappa shape index (κ2) is 15.8. The number of ether oxygens (including phenoxy) is 1. The Morgan fingerprint density at radius 3 is 2.40 bits per heavy atom. The molecule has 10 nitrogen and oxygen atoms in total. The summed E-state index contributed by atoms with van der Waals surface area (Å²) >= 11 is 6.50. The molecule has 1 aromatic carbocycles. The Bertz CT molecular complexity index is 1650. The Morgan fingerprint density at radius 2 is 1.77 bits per heavy atom. The van der Waals surface area contributed by atoms with Crippen molar-refractivity contribution in [2.75, 3.05) is 45.5 Å². The van der Waals surface area contributed by atoms with Crippen LogP contribution in [0.4, 0.5) is 4.79 Å². The quantitative estimate of drug-likeness (QED) is 0.277. The SMILES string of the molecule is C=C(C)OC(=O)N1CCC(C2CCN(C[C@H](O)Cn3nc(-c4ccc(Cl)c(C#CCC(C)C)c4)c4c3CCN(S(C)(=O)=O)C4)CC2)CC1. The summed E-state index contributed by atoms with van der Waals surface area (Å²) in [7, 11) is -3.39. The van der Waals surface area contributed by atoms with E-state index in [4.69, 9.17) is 21.4 Å². The lowest BCUT2D eigenvalue weighted by atomic mass is 9.79. The number of aromatic nitrogens is 2. The zero-order valence-electron chi connectivity index (χ0n) is 28.8. The third kappa shape index (κ3) is 9.21. The predicted molar refractivity (Wildman–Crippen MR) is 189 cm³/mol. The fourth-order valence-electron chi connectivity index (χ4n) is 7.18. The van der Waals surface area contributed by atoms with Crippen LogP contribution in [0.3, 0.4) is 0 Å². The number of carbonyl (C=O) groups excluding carboxylic acids is 1. The number of amides is 1. The topological polar surface area (TPSA) is 108 Å². The van der Waals surface area contributed by atoms with Crippen LogP contribution < -0.4 is 0 Å². The smallest absolute Gasteiger partial charge is 0.414 e. The molecule has 4 heterocycles. The van der Waals surface area contributed by atoms with Gasteiger partial charge in [0, 0.05) is 67.9 Å². The third-order valence-corrected chi connectivity index (χ3v) is 11.3. The first-order valence-electron chi connectivity index (χ1n) is 17.1. The van der Waals surface area contributed by atoms with Gasteiger partial charge in [0.25, 0.3) is 0 Å². The highest BCUT2D eigenvalue weighted by atomic mass is 35.5. The Kier molecular flexibility index (Phi) is 12.0. The number of rotatable bonds is 9. The van der Waals surface area contributed by atoms with E-state index in [0.29, 0.717) is 65.8 Å². The molecule has 0 unspecified atom stereocenters. The second-order valence-electron chi connectivity index (χ2n) is 14.1. The number of sulfonamides is 1. The number of aliphatic hydroxyl groups is 1. The Labute approximate surface area is 291 Å². The van der Waals surface area contributed by atoms with Gasteiger partial charge in [-0.15, -0.1) is 0 Å². The number of piperidine rings is 2. The number of halogens is 1. The number of nitrogens with zero attached hydrogens (tertiary/aromatic N) is 5. The van der Waals surface area contributed by atoms with Gasteiger partial charge in [0.05, 0.1) is 35.4 Å². The van der Waals surface area contributed by atoms with Crippen LogP contribution in [0.1, 0.15) is 69.7 Å². The summed E-state index contributed by atoms with van der Waals surface area (Å²) in [4.78, 5) is 16.3. The largest absolute Gasteiger partial charge is 0.416 e. The van der Waals surface area contributed by atoms with E-state index in [1.807, 2.05) is 22.9 Å². The molecule has 3 aliphatic heterocycles. The maximum absolute atomic E-state index is 12.5. The van der Waals surface area contributed by atoms with Crippen LogP contribution in [0.5, 0.6) is 0 Å². The van der Waals surface area contributed by atoms with Crippen molar-refractivity contribution in [1.29, 1.82) is 0 Å². The molecule has 5 rings (SSSR count). The molecule has 0 aliphatic carbocycles. The number of benzene rings is 1. The molecule has 2 saturated heterocycles. The molecule has 12 heteroatoms. The van der Waals surface area contributed by atoms with Crippen molar-refractivity contribution in [2.45, 2.75) is 78.5 Å². The summed E-state index contributed by atoms with van der Waals surface area (Å²) in [6, 6.07) is 5.65. The van der Waals surface area contributed by atoms with E-state index in [0.717, 1.165) is 75.1 Å². The summed E-state index contributed by atoms with van der Waals surface area (Å²) in [5, 5.41) is 16.8. The minimum Gasteiger partial charge on any atom is -0.416 e. The molecule has 3 aliphatic rings. The molecule has 2 fully saturated rings. The van der Waals surface area contributed by atoms with E-state index in [9.17, 15) is 18.3 Å². The number of hydrogen-bond acceptors (Lipinski definition) is 7. The molecule has 2 aromatic rings. The molecule has 0 bridgehead atoms. The standard InChI is InChI=1S/C36H50ClN5O5S/c1-25(2)7-6-8-29-21-30(9-10-33(29)37)35-32-24-41(48(5,45)46)20-15-34(32)42(38-35)23-31(43)22-39-16-11-27(12-17-39)28-13-18-40(19-14-28)36(44)47-26(3)4/h9-10,21,25,27-28,31,43H,3,7,11-20,22-24H2,1-2,4-5H3/t31-/m0/s1. The highest BCUT2D eigenvalue weighted by Gasteiger charge is 2.33. The lowest BCUT2D eigenvalue weighted by Crippen LogP contribution is -2.44. The van der Waals surface area contributed by atoms with Crippen molar-refractivity contribution in [2.24, 2.45) is 17.8 Å². The lowest BCUT2D eigenvalue weighted by Gasteiger charge is -2.40. The molecular formula is C36H50ClN5O5S. The second-order valence-corrected chi connectivity index (χ2v) is 16.5. The molecule has 0 radical (unpaired) electrons. The molecule has 1 N–H and O–H groups in total. The van der Waals surface area contributed by atoms with Gasteiger partial charge >= 0.3 is 6.09 Å². The minimum atomic E-state index is -3.39. The molecule has 1 aromatic heterocycles. The summed E-state index contributed by atoms with van der Waals surface area (Å²) < 4.78 is 33.6. The van der Waals surface area contributed by atoms with Crippen LogP contribution in [-0.2, 0) is 34.3 Å².